The predicted molar refractivity (Wildman–Crippen MR) is 47.1 cm³/mol. The predicted octanol–water partition coefficient (Wildman–Crippen LogP) is 0.779. The lowest BCUT2D eigenvalue weighted by Crippen LogP contribution is -2.32. The Bertz CT molecular complexity index is 236. The van der Waals surface area contributed by atoms with Gasteiger partial charge in [0.2, 0.25) is 6.41 Å². The summed E-state index contributed by atoms with van der Waals surface area (Å²) in [5.41, 5.74) is 3.72. The van der Waals surface area contributed by atoms with Crippen LogP contribution in [0, 0.1) is 0 Å². The van der Waals surface area contributed by atoms with E-state index >= 15 is 0 Å². The second-order valence-corrected chi connectivity index (χ2v) is 2.59. The van der Waals surface area contributed by atoms with Crippen molar-refractivity contribution in [1.29, 1.82) is 0 Å². The molecule has 0 aromatic heterocycles. The van der Waals surface area contributed by atoms with Gasteiger partial charge in [-0.1, -0.05) is 30.3 Å². The van der Waals surface area contributed by atoms with Crippen molar-refractivity contribution in [1.82, 2.24) is 10.4 Å². The maximum Gasteiger partial charge on any atom is 0.221 e. The normalized spacial score (nSPS) is 9.83. The van der Waals surface area contributed by atoms with Gasteiger partial charge in [0.1, 0.15) is 0 Å². The van der Waals surface area contributed by atoms with Gasteiger partial charge < -0.3 is 0 Å². The minimum atomic E-state index is 0.670. The number of carbonyl (C=O) groups excluding carboxylic acids is 1. The van der Waals surface area contributed by atoms with Crippen LogP contribution in [0.3, 0.4) is 0 Å². The van der Waals surface area contributed by atoms with E-state index in [1.807, 2.05) is 37.4 Å². The average molecular weight is 164 g/mol. The van der Waals surface area contributed by atoms with Crippen molar-refractivity contribution in [2.75, 3.05) is 7.05 Å². The van der Waals surface area contributed by atoms with Crippen LogP contribution in [-0.4, -0.2) is 18.5 Å². The first-order valence-electron chi connectivity index (χ1n) is 3.78. The molecule has 0 saturated carbocycles. The van der Waals surface area contributed by atoms with Gasteiger partial charge in [-0.3, -0.25) is 10.2 Å². The van der Waals surface area contributed by atoms with Crippen LogP contribution in [0.2, 0.25) is 0 Å². The van der Waals surface area contributed by atoms with Crippen LogP contribution in [0.4, 0.5) is 0 Å². The molecule has 0 aliphatic heterocycles. The van der Waals surface area contributed by atoms with Gasteiger partial charge in [0.25, 0.3) is 0 Å². The van der Waals surface area contributed by atoms with Gasteiger partial charge in [-0.2, -0.15) is 0 Å². The molecular weight excluding hydrogens is 152 g/mol. The Morgan fingerprint density at radius 3 is 2.67 bits per heavy atom. The van der Waals surface area contributed by atoms with E-state index in [2.05, 4.69) is 5.43 Å². The maximum atomic E-state index is 10.1. The van der Waals surface area contributed by atoms with Gasteiger partial charge in [-0.25, -0.2) is 5.01 Å². The third-order valence-electron chi connectivity index (χ3n) is 1.54. The molecule has 64 valence electrons. The van der Waals surface area contributed by atoms with Crippen LogP contribution in [-0.2, 0) is 11.3 Å². The zero-order valence-corrected chi connectivity index (χ0v) is 7.03. The summed E-state index contributed by atoms with van der Waals surface area (Å²) in [5, 5.41) is 1.72. The third-order valence-corrected chi connectivity index (χ3v) is 1.54. The number of benzene rings is 1. The number of rotatable bonds is 4. The lowest BCUT2D eigenvalue weighted by molar-refractivity contribution is -0.113. The Kier molecular flexibility index (Phi) is 3.29. The number of amides is 1. The summed E-state index contributed by atoms with van der Waals surface area (Å²) in [6.07, 6.45) is 0.670. The molecule has 0 aliphatic carbocycles. The van der Waals surface area contributed by atoms with Gasteiger partial charge in [0, 0.05) is 13.6 Å². The molecule has 0 spiro atoms. The van der Waals surface area contributed by atoms with Crippen molar-refractivity contribution in [3.8, 4) is 0 Å². The van der Waals surface area contributed by atoms with Gasteiger partial charge in [0.15, 0.2) is 0 Å². The monoisotopic (exact) mass is 164 g/mol. The average Bonchev–Trinajstić information content (AvgIpc) is 2.06. The molecule has 1 rings (SSSR count). The molecule has 1 N–H and O–H groups in total. The quantitative estimate of drug-likeness (QED) is 0.527. The summed E-state index contributed by atoms with van der Waals surface area (Å²) < 4.78 is 0. The highest BCUT2D eigenvalue weighted by molar-refractivity contribution is 5.44. The first-order chi connectivity index (χ1) is 5.83. The SMILES string of the molecule is CN(Cc1ccccc1)NC=O. The van der Waals surface area contributed by atoms with Crippen molar-refractivity contribution >= 4 is 6.41 Å². The molecule has 0 fully saturated rings. The molecule has 0 aliphatic rings. The Balaban J connectivity index is 2.46. The van der Waals surface area contributed by atoms with E-state index in [0.29, 0.717) is 6.41 Å². The highest BCUT2D eigenvalue weighted by Crippen LogP contribution is 1.99. The molecule has 1 aromatic rings. The summed E-state index contributed by atoms with van der Waals surface area (Å²) in [7, 11) is 1.82. The smallest absolute Gasteiger partial charge is 0.221 e. The lowest BCUT2D eigenvalue weighted by atomic mass is 10.2. The molecule has 0 heterocycles. The summed E-state index contributed by atoms with van der Waals surface area (Å²) >= 11 is 0. The zero-order valence-electron chi connectivity index (χ0n) is 7.03. The Labute approximate surface area is 72.0 Å². The molecule has 3 heteroatoms. The maximum absolute atomic E-state index is 10.1. The lowest BCUT2D eigenvalue weighted by Gasteiger charge is -2.13. The molecular formula is C9H12N2O. The van der Waals surface area contributed by atoms with Gasteiger partial charge in [0.05, 0.1) is 0 Å². The first-order valence-corrected chi connectivity index (χ1v) is 3.78. The molecule has 0 atom stereocenters. The Morgan fingerprint density at radius 1 is 1.42 bits per heavy atom. The van der Waals surface area contributed by atoms with Crippen LogP contribution in [0.25, 0.3) is 0 Å². The van der Waals surface area contributed by atoms with E-state index in [-0.39, 0.29) is 0 Å². The fourth-order valence-electron chi connectivity index (χ4n) is 0.993. The summed E-state index contributed by atoms with van der Waals surface area (Å²) in [6, 6.07) is 9.96. The molecule has 0 unspecified atom stereocenters. The van der Waals surface area contributed by atoms with E-state index in [4.69, 9.17) is 0 Å². The summed E-state index contributed by atoms with van der Waals surface area (Å²) in [4.78, 5) is 10.1. The van der Waals surface area contributed by atoms with Crippen molar-refractivity contribution in [2.24, 2.45) is 0 Å². The Morgan fingerprint density at radius 2 is 2.08 bits per heavy atom. The second-order valence-electron chi connectivity index (χ2n) is 2.59. The molecule has 1 aromatic carbocycles. The highest BCUT2D eigenvalue weighted by Gasteiger charge is 1.95. The fraction of sp³-hybridized carbons (Fsp3) is 0.222. The second kappa shape index (κ2) is 4.51. The number of nitrogens with one attached hydrogen (secondary N) is 1. The zero-order chi connectivity index (χ0) is 8.81. The van der Waals surface area contributed by atoms with E-state index in [0.717, 1.165) is 6.54 Å². The summed E-state index contributed by atoms with van der Waals surface area (Å²) in [6.45, 7) is 0.722. The number of hydrogen-bond acceptors (Lipinski definition) is 2. The number of hydrazine groups is 1. The topological polar surface area (TPSA) is 32.3 Å². The van der Waals surface area contributed by atoms with Crippen molar-refractivity contribution in [3.05, 3.63) is 35.9 Å². The highest BCUT2D eigenvalue weighted by atomic mass is 16.1. The van der Waals surface area contributed by atoms with Crippen molar-refractivity contribution in [2.45, 2.75) is 6.54 Å². The minimum absolute atomic E-state index is 0.670. The molecule has 3 nitrogen and oxygen atoms in total. The van der Waals surface area contributed by atoms with Gasteiger partial charge >= 0.3 is 0 Å². The Hall–Kier alpha value is -1.35. The van der Waals surface area contributed by atoms with E-state index in [1.165, 1.54) is 5.56 Å². The fourth-order valence-corrected chi connectivity index (χ4v) is 0.993. The van der Waals surface area contributed by atoms with Crippen LogP contribution in [0.1, 0.15) is 5.56 Å². The third kappa shape index (κ3) is 2.72. The van der Waals surface area contributed by atoms with E-state index in [9.17, 15) is 4.79 Å². The molecule has 0 saturated heterocycles. The van der Waals surface area contributed by atoms with Crippen LogP contribution >= 0.6 is 0 Å². The van der Waals surface area contributed by atoms with E-state index in [1.54, 1.807) is 5.01 Å². The number of nitrogens with zero attached hydrogens (tertiary/aromatic N) is 1. The van der Waals surface area contributed by atoms with E-state index < -0.39 is 0 Å². The number of carbonyl (C=O) groups is 1. The van der Waals surface area contributed by atoms with Crippen molar-refractivity contribution in [3.63, 3.8) is 0 Å². The largest absolute Gasteiger partial charge is 0.291 e. The van der Waals surface area contributed by atoms with Gasteiger partial charge in [-0.15, -0.1) is 0 Å². The molecule has 0 bridgehead atoms. The summed E-state index contributed by atoms with van der Waals surface area (Å²) in [5.74, 6) is 0. The van der Waals surface area contributed by atoms with Crippen LogP contribution in [0.5, 0.6) is 0 Å². The van der Waals surface area contributed by atoms with Crippen LogP contribution in [0.15, 0.2) is 30.3 Å². The van der Waals surface area contributed by atoms with Gasteiger partial charge in [-0.05, 0) is 5.56 Å². The van der Waals surface area contributed by atoms with Crippen molar-refractivity contribution < 1.29 is 4.79 Å². The molecule has 0 radical (unpaired) electrons. The number of hydrogen-bond donors (Lipinski definition) is 1. The minimum Gasteiger partial charge on any atom is -0.291 e. The molecule has 1 amide bonds. The molecule has 12 heavy (non-hydrogen) atoms. The first kappa shape index (κ1) is 8.74. The standard InChI is InChI=1S/C9H12N2O/c1-11(10-8-12)7-9-5-3-2-4-6-9/h2-6,8H,7H2,1H3,(H,10,12). The van der Waals surface area contributed by atoms with Crippen LogP contribution < -0.4 is 5.43 Å².